The van der Waals surface area contributed by atoms with Gasteiger partial charge < -0.3 is 10.2 Å². The number of hydrogen-bond donors (Lipinski definition) is 1. The van der Waals surface area contributed by atoms with Gasteiger partial charge in [0.1, 0.15) is 0 Å². The summed E-state index contributed by atoms with van der Waals surface area (Å²) < 4.78 is 0. The number of carbonyl (C=O) groups is 1. The van der Waals surface area contributed by atoms with E-state index in [1.807, 2.05) is 49.6 Å². The average molecular weight is 361 g/mol. The number of hydrogen-bond acceptors (Lipinski definition) is 3. The number of carbonyl (C=O) groups excluding carboxylic acids is 1. The van der Waals surface area contributed by atoms with Gasteiger partial charge in [0.05, 0.1) is 11.4 Å². The van der Waals surface area contributed by atoms with Crippen LogP contribution in [-0.2, 0) is 0 Å². The maximum atomic E-state index is 12.8. The molecule has 1 aliphatic rings. The molecule has 3 rings (SSSR count). The standard InChI is InChI=1S/C19H21ClN2OS/c1-13-5-7-15(24-2)12-16(13)19(23)21-17-11-14(20)6-8-18(17)22-9-3-4-10-22/h5-8,11-12H,3-4,9-10H2,1-2H3,(H,21,23). The zero-order valence-corrected chi connectivity index (χ0v) is 15.5. The molecule has 1 N–H and O–H groups in total. The number of aryl methyl sites for hydroxylation is 1. The Kier molecular flexibility index (Phi) is 5.36. The van der Waals surface area contributed by atoms with E-state index in [-0.39, 0.29) is 5.91 Å². The Morgan fingerprint density at radius 2 is 1.92 bits per heavy atom. The third kappa shape index (κ3) is 3.70. The Hall–Kier alpha value is -1.65. The predicted octanol–water partition coefficient (Wildman–Crippen LogP) is 5.22. The van der Waals surface area contributed by atoms with Crippen LogP contribution in [0.5, 0.6) is 0 Å². The Balaban J connectivity index is 1.90. The summed E-state index contributed by atoms with van der Waals surface area (Å²) in [5, 5.41) is 3.69. The molecule has 2 aromatic rings. The van der Waals surface area contributed by atoms with Gasteiger partial charge in [-0.3, -0.25) is 4.79 Å². The van der Waals surface area contributed by atoms with Crippen molar-refractivity contribution in [2.45, 2.75) is 24.7 Å². The van der Waals surface area contributed by atoms with Gasteiger partial charge in [0.15, 0.2) is 0 Å². The topological polar surface area (TPSA) is 32.3 Å². The van der Waals surface area contributed by atoms with Crippen LogP contribution in [-0.4, -0.2) is 25.3 Å². The quantitative estimate of drug-likeness (QED) is 0.758. The summed E-state index contributed by atoms with van der Waals surface area (Å²) in [5.74, 6) is -0.0916. The van der Waals surface area contributed by atoms with Gasteiger partial charge in [0, 0.05) is 28.6 Å². The van der Waals surface area contributed by atoms with Crippen molar-refractivity contribution in [2.75, 3.05) is 29.6 Å². The second kappa shape index (κ2) is 7.49. The van der Waals surface area contributed by atoms with Crippen LogP contribution in [0.4, 0.5) is 11.4 Å². The van der Waals surface area contributed by atoms with Crippen LogP contribution < -0.4 is 10.2 Å². The molecule has 3 nitrogen and oxygen atoms in total. The number of thioether (sulfide) groups is 1. The van der Waals surface area contributed by atoms with Crippen LogP contribution in [0.1, 0.15) is 28.8 Å². The molecule has 0 spiro atoms. The van der Waals surface area contributed by atoms with Crippen LogP contribution in [0.25, 0.3) is 0 Å². The Bertz CT molecular complexity index is 757. The van der Waals surface area contributed by atoms with Gasteiger partial charge >= 0.3 is 0 Å². The third-order valence-corrected chi connectivity index (χ3v) is 5.30. The number of nitrogens with one attached hydrogen (secondary N) is 1. The first-order valence-corrected chi connectivity index (χ1v) is 9.69. The lowest BCUT2D eigenvalue weighted by atomic mass is 10.1. The SMILES string of the molecule is CSc1ccc(C)c(C(=O)Nc2cc(Cl)ccc2N2CCCC2)c1. The van der Waals surface area contributed by atoms with Gasteiger partial charge in [0.25, 0.3) is 5.91 Å². The Morgan fingerprint density at radius 3 is 2.62 bits per heavy atom. The number of rotatable bonds is 4. The molecule has 0 bridgehead atoms. The van der Waals surface area contributed by atoms with Crippen LogP contribution in [0.3, 0.4) is 0 Å². The summed E-state index contributed by atoms with van der Waals surface area (Å²) in [4.78, 5) is 16.2. The maximum Gasteiger partial charge on any atom is 0.256 e. The molecule has 1 heterocycles. The first-order chi connectivity index (χ1) is 11.6. The molecule has 5 heteroatoms. The van der Waals surface area contributed by atoms with Crippen molar-refractivity contribution in [1.29, 1.82) is 0 Å². The molecule has 0 unspecified atom stereocenters. The zero-order valence-electron chi connectivity index (χ0n) is 13.9. The van der Waals surface area contributed by atoms with Gasteiger partial charge in [-0.25, -0.2) is 0 Å². The summed E-state index contributed by atoms with van der Waals surface area (Å²) >= 11 is 7.79. The smallest absolute Gasteiger partial charge is 0.256 e. The van der Waals surface area contributed by atoms with Crippen LogP contribution in [0.15, 0.2) is 41.3 Å². The van der Waals surface area contributed by atoms with Gasteiger partial charge in [0.2, 0.25) is 0 Å². The fraction of sp³-hybridized carbons (Fsp3) is 0.316. The van der Waals surface area contributed by atoms with Crippen LogP contribution in [0.2, 0.25) is 5.02 Å². The average Bonchev–Trinajstić information content (AvgIpc) is 3.09. The molecule has 1 amide bonds. The molecule has 0 aliphatic carbocycles. The minimum Gasteiger partial charge on any atom is -0.370 e. The molecular weight excluding hydrogens is 340 g/mol. The van der Waals surface area contributed by atoms with E-state index < -0.39 is 0 Å². The highest BCUT2D eigenvalue weighted by Crippen LogP contribution is 2.32. The lowest BCUT2D eigenvalue weighted by Crippen LogP contribution is -2.21. The number of nitrogens with zero attached hydrogens (tertiary/aromatic N) is 1. The highest BCUT2D eigenvalue weighted by atomic mass is 35.5. The lowest BCUT2D eigenvalue weighted by molar-refractivity contribution is 0.102. The van der Waals surface area contributed by atoms with Crippen molar-refractivity contribution in [3.8, 4) is 0 Å². The molecule has 0 saturated carbocycles. The van der Waals surface area contributed by atoms with E-state index in [1.165, 1.54) is 12.8 Å². The van der Waals surface area contributed by atoms with Crippen molar-refractivity contribution in [3.05, 3.63) is 52.5 Å². The molecule has 0 atom stereocenters. The van der Waals surface area contributed by atoms with Gasteiger partial charge in [-0.05, 0) is 61.9 Å². The third-order valence-electron chi connectivity index (χ3n) is 4.34. The van der Waals surface area contributed by atoms with Crippen molar-refractivity contribution in [1.82, 2.24) is 0 Å². The fourth-order valence-electron chi connectivity index (χ4n) is 3.00. The predicted molar refractivity (Wildman–Crippen MR) is 104 cm³/mol. The first-order valence-electron chi connectivity index (χ1n) is 8.09. The highest BCUT2D eigenvalue weighted by Gasteiger charge is 2.18. The molecule has 2 aromatic carbocycles. The molecule has 126 valence electrons. The van der Waals surface area contributed by atoms with E-state index in [2.05, 4.69) is 10.2 Å². The Labute approximate surface area is 152 Å². The normalized spacial score (nSPS) is 14.0. The van der Waals surface area contributed by atoms with Crippen LogP contribution in [0, 0.1) is 6.92 Å². The summed E-state index contributed by atoms with van der Waals surface area (Å²) in [5.41, 5.74) is 3.50. The summed E-state index contributed by atoms with van der Waals surface area (Å²) in [6, 6.07) is 11.7. The summed E-state index contributed by atoms with van der Waals surface area (Å²) in [7, 11) is 0. The number of halogens is 1. The lowest BCUT2D eigenvalue weighted by Gasteiger charge is -2.22. The van der Waals surface area contributed by atoms with Gasteiger partial charge in [-0.2, -0.15) is 0 Å². The van der Waals surface area contributed by atoms with E-state index in [0.29, 0.717) is 10.6 Å². The Morgan fingerprint density at radius 1 is 1.17 bits per heavy atom. The van der Waals surface area contributed by atoms with E-state index in [4.69, 9.17) is 11.6 Å². The van der Waals surface area contributed by atoms with Crippen molar-refractivity contribution in [2.24, 2.45) is 0 Å². The van der Waals surface area contributed by atoms with Crippen LogP contribution >= 0.6 is 23.4 Å². The number of benzene rings is 2. The van der Waals surface area contributed by atoms with E-state index >= 15 is 0 Å². The minimum atomic E-state index is -0.0916. The monoisotopic (exact) mass is 360 g/mol. The maximum absolute atomic E-state index is 12.8. The summed E-state index contributed by atoms with van der Waals surface area (Å²) in [6.07, 6.45) is 4.38. The largest absolute Gasteiger partial charge is 0.370 e. The van der Waals surface area contributed by atoms with E-state index in [9.17, 15) is 4.79 Å². The molecule has 0 radical (unpaired) electrons. The van der Waals surface area contributed by atoms with E-state index in [1.54, 1.807) is 11.8 Å². The van der Waals surface area contributed by atoms with E-state index in [0.717, 1.165) is 34.9 Å². The first kappa shape index (κ1) is 17.2. The van der Waals surface area contributed by atoms with Crippen molar-refractivity contribution < 1.29 is 4.79 Å². The second-order valence-electron chi connectivity index (χ2n) is 5.99. The molecule has 1 fully saturated rings. The molecule has 1 aliphatic heterocycles. The van der Waals surface area contributed by atoms with Crippen molar-refractivity contribution in [3.63, 3.8) is 0 Å². The van der Waals surface area contributed by atoms with Gasteiger partial charge in [-0.1, -0.05) is 17.7 Å². The minimum absolute atomic E-state index is 0.0916. The molecule has 1 saturated heterocycles. The molecular formula is C19H21ClN2OS. The highest BCUT2D eigenvalue weighted by molar-refractivity contribution is 7.98. The fourth-order valence-corrected chi connectivity index (χ4v) is 3.62. The zero-order chi connectivity index (χ0) is 17.1. The van der Waals surface area contributed by atoms with Crippen molar-refractivity contribution >= 4 is 40.6 Å². The number of anilines is 2. The van der Waals surface area contributed by atoms with Gasteiger partial charge in [-0.15, -0.1) is 11.8 Å². The second-order valence-corrected chi connectivity index (χ2v) is 7.31. The molecule has 0 aromatic heterocycles. The molecule has 24 heavy (non-hydrogen) atoms. The summed E-state index contributed by atoms with van der Waals surface area (Å²) in [6.45, 7) is 4.00. The number of amides is 1.